The number of carbonyl (C=O) groups excluding carboxylic acids is 1. The normalized spacial score (nSPS) is 10.4. The lowest BCUT2D eigenvalue weighted by atomic mass is 10.2. The lowest BCUT2D eigenvalue weighted by molar-refractivity contribution is -0.118. The number of rotatable bonds is 9. The number of carbonyl (C=O) groups is 1. The van der Waals surface area contributed by atoms with Crippen molar-refractivity contribution in [3.63, 3.8) is 0 Å². The summed E-state index contributed by atoms with van der Waals surface area (Å²) in [6.07, 6.45) is 3.14. The van der Waals surface area contributed by atoms with Crippen LogP contribution in [0.3, 0.4) is 0 Å². The molecule has 0 fully saturated rings. The monoisotopic (exact) mass is 425 g/mol. The number of thioether (sulfide) groups is 1. The molecule has 0 saturated carbocycles. The summed E-state index contributed by atoms with van der Waals surface area (Å²) in [5, 5.41) is 3.44. The Bertz CT molecular complexity index is 991. The van der Waals surface area contributed by atoms with E-state index in [9.17, 15) is 4.79 Å². The Balaban J connectivity index is 1.58. The van der Waals surface area contributed by atoms with Crippen LogP contribution in [-0.4, -0.2) is 35.8 Å². The number of ether oxygens (including phenoxy) is 3. The van der Waals surface area contributed by atoms with E-state index in [2.05, 4.69) is 15.3 Å². The van der Waals surface area contributed by atoms with Crippen molar-refractivity contribution in [1.82, 2.24) is 15.3 Å². The molecule has 1 aromatic heterocycles. The Morgan fingerprint density at radius 2 is 1.73 bits per heavy atom. The van der Waals surface area contributed by atoms with Gasteiger partial charge in [-0.15, -0.1) is 0 Å². The first kappa shape index (κ1) is 21.4. The third-order valence-corrected chi connectivity index (χ3v) is 5.13. The molecule has 0 bridgehead atoms. The standard InChI is InChI=1S/C22H23N3O4S/c1-15-6-4-5-7-19(15)29-21-22(24-9-8-23-21)30-14-20(26)25-13-16-10-17(27-2)12-18(11-16)28-3/h4-12H,13-14H2,1-3H3,(H,25,26). The van der Waals surface area contributed by atoms with Gasteiger partial charge in [-0.25, -0.2) is 9.97 Å². The fourth-order valence-electron chi connectivity index (χ4n) is 2.61. The molecule has 0 saturated heterocycles. The Kier molecular flexibility index (Phi) is 7.51. The van der Waals surface area contributed by atoms with Crippen LogP contribution in [0.1, 0.15) is 11.1 Å². The molecule has 1 heterocycles. The van der Waals surface area contributed by atoms with Crippen molar-refractivity contribution in [2.75, 3.05) is 20.0 Å². The molecule has 8 heteroatoms. The van der Waals surface area contributed by atoms with Crippen LogP contribution in [0.5, 0.6) is 23.1 Å². The lowest BCUT2D eigenvalue weighted by Gasteiger charge is -2.11. The van der Waals surface area contributed by atoms with Crippen molar-refractivity contribution in [2.45, 2.75) is 18.5 Å². The number of nitrogens with zero attached hydrogens (tertiary/aromatic N) is 2. The molecule has 7 nitrogen and oxygen atoms in total. The number of para-hydroxylation sites is 1. The predicted octanol–water partition coefficient (Wildman–Crippen LogP) is 4.00. The fourth-order valence-corrected chi connectivity index (χ4v) is 3.33. The first-order valence-corrected chi connectivity index (χ1v) is 10.2. The van der Waals surface area contributed by atoms with E-state index >= 15 is 0 Å². The molecule has 1 N–H and O–H groups in total. The van der Waals surface area contributed by atoms with Gasteiger partial charge in [0.15, 0.2) is 5.03 Å². The molecule has 30 heavy (non-hydrogen) atoms. The molecular formula is C22H23N3O4S. The highest BCUT2D eigenvalue weighted by Crippen LogP contribution is 2.30. The minimum Gasteiger partial charge on any atom is -0.497 e. The Morgan fingerprint density at radius 1 is 1.03 bits per heavy atom. The van der Waals surface area contributed by atoms with Crippen LogP contribution >= 0.6 is 11.8 Å². The molecule has 0 aliphatic heterocycles. The van der Waals surface area contributed by atoms with Crippen molar-refractivity contribution < 1.29 is 19.0 Å². The first-order valence-electron chi connectivity index (χ1n) is 9.25. The summed E-state index contributed by atoms with van der Waals surface area (Å²) in [4.78, 5) is 20.9. The zero-order chi connectivity index (χ0) is 21.3. The van der Waals surface area contributed by atoms with E-state index in [0.717, 1.165) is 11.1 Å². The molecule has 0 spiro atoms. The van der Waals surface area contributed by atoms with Crippen molar-refractivity contribution >= 4 is 17.7 Å². The van der Waals surface area contributed by atoms with Gasteiger partial charge in [-0.3, -0.25) is 4.79 Å². The number of hydrogen-bond donors (Lipinski definition) is 1. The number of amides is 1. The summed E-state index contributed by atoms with van der Waals surface area (Å²) in [6.45, 7) is 2.32. The van der Waals surface area contributed by atoms with Gasteiger partial charge in [0.2, 0.25) is 5.91 Å². The second-order valence-corrected chi connectivity index (χ2v) is 7.28. The summed E-state index contributed by atoms with van der Waals surface area (Å²) in [7, 11) is 3.18. The number of benzene rings is 2. The van der Waals surface area contributed by atoms with Gasteiger partial charge in [0.1, 0.15) is 17.2 Å². The van der Waals surface area contributed by atoms with Crippen LogP contribution in [0, 0.1) is 6.92 Å². The average Bonchev–Trinajstić information content (AvgIpc) is 2.78. The van der Waals surface area contributed by atoms with Crippen LogP contribution in [0.2, 0.25) is 0 Å². The second-order valence-electron chi connectivity index (χ2n) is 6.32. The van der Waals surface area contributed by atoms with Gasteiger partial charge in [0, 0.05) is 25.0 Å². The smallest absolute Gasteiger partial charge is 0.252 e. The van der Waals surface area contributed by atoms with Crippen molar-refractivity contribution in [3.05, 3.63) is 66.0 Å². The van der Waals surface area contributed by atoms with Gasteiger partial charge in [-0.05, 0) is 36.2 Å². The summed E-state index contributed by atoms with van der Waals surface area (Å²) < 4.78 is 16.4. The molecule has 0 aliphatic rings. The Labute approximate surface area is 179 Å². The summed E-state index contributed by atoms with van der Waals surface area (Å²) in [6, 6.07) is 13.2. The van der Waals surface area contributed by atoms with Crippen LogP contribution < -0.4 is 19.5 Å². The molecular weight excluding hydrogens is 402 g/mol. The molecule has 0 unspecified atom stereocenters. The lowest BCUT2D eigenvalue weighted by Crippen LogP contribution is -2.24. The highest BCUT2D eigenvalue weighted by molar-refractivity contribution is 8.00. The maximum atomic E-state index is 12.3. The molecule has 0 aliphatic carbocycles. The van der Waals surface area contributed by atoms with Gasteiger partial charge in [-0.1, -0.05) is 30.0 Å². The van der Waals surface area contributed by atoms with Gasteiger partial charge in [-0.2, -0.15) is 0 Å². The number of aromatic nitrogens is 2. The maximum absolute atomic E-state index is 12.3. The number of nitrogens with one attached hydrogen (secondary N) is 1. The highest BCUT2D eigenvalue weighted by atomic mass is 32.2. The van der Waals surface area contributed by atoms with Crippen molar-refractivity contribution in [1.29, 1.82) is 0 Å². The van der Waals surface area contributed by atoms with Crippen LogP contribution in [-0.2, 0) is 11.3 Å². The highest BCUT2D eigenvalue weighted by Gasteiger charge is 2.12. The quantitative estimate of drug-likeness (QED) is 0.519. The van der Waals surface area contributed by atoms with E-state index in [-0.39, 0.29) is 11.7 Å². The zero-order valence-electron chi connectivity index (χ0n) is 17.0. The Morgan fingerprint density at radius 3 is 2.43 bits per heavy atom. The van der Waals surface area contributed by atoms with Gasteiger partial charge < -0.3 is 19.5 Å². The largest absolute Gasteiger partial charge is 0.497 e. The SMILES string of the molecule is COc1cc(CNC(=O)CSc2nccnc2Oc2ccccc2C)cc(OC)c1. The topological polar surface area (TPSA) is 82.6 Å². The van der Waals surface area contributed by atoms with Crippen LogP contribution in [0.25, 0.3) is 0 Å². The molecule has 156 valence electrons. The fraction of sp³-hybridized carbons (Fsp3) is 0.227. The minimum absolute atomic E-state index is 0.130. The summed E-state index contributed by atoms with van der Waals surface area (Å²) in [5.41, 5.74) is 1.87. The van der Waals surface area contributed by atoms with Gasteiger partial charge >= 0.3 is 0 Å². The summed E-state index contributed by atoms with van der Waals surface area (Å²) >= 11 is 1.27. The number of hydrogen-bond acceptors (Lipinski definition) is 7. The third-order valence-electron chi connectivity index (χ3n) is 4.17. The van der Waals surface area contributed by atoms with Crippen molar-refractivity contribution in [2.24, 2.45) is 0 Å². The van der Waals surface area contributed by atoms with E-state index in [1.54, 1.807) is 32.7 Å². The van der Waals surface area contributed by atoms with Crippen LogP contribution in [0.4, 0.5) is 0 Å². The molecule has 3 aromatic rings. The van der Waals surface area contributed by atoms with E-state index in [1.807, 2.05) is 43.3 Å². The van der Waals surface area contributed by atoms with E-state index in [4.69, 9.17) is 14.2 Å². The number of aryl methyl sites for hydroxylation is 1. The van der Waals surface area contributed by atoms with E-state index < -0.39 is 0 Å². The maximum Gasteiger partial charge on any atom is 0.252 e. The van der Waals surface area contributed by atoms with Gasteiger partial charge in [0.05, 0.1) is 20.0 Å². The van der Waals surface area contributed by atoms with Crippen molar-refractivity contribution in [3.8, 4) is 23.1 Å². The zero-order valence-corrected chi connectivity index (χ0v) is 17.9. The molecule has 3 rings (SSSR count). The molecule has 0 atom stereocenters. The average molecular weight is 426 g/mol. The minimum atomic E-state index is -0.130. The number of methoxy groups -OCH3 is 2. The van der Waals surface area contributed by atoms with E-state index in [1.165, 1.54) is 11.8 Å². The Hall–Kier alpha value is -3.26. The predicted molar refractivity (Wildman–Crippen MR) is 115 cm³/mol. The molecule has 1 amide bonds. The van der Waals surface area contributed by atoms with E-state index in [0.29, 0.717) is 34.7 Å². The first-order chi connectivity index (χ1) is 14.6. The van der Waals surface area contributed by atoms with Gasteiger partial charge in [0.25, 0.3) is 5.88 Å². The van der Waals surface area contributed by atoms with Crippen LogP contribution in [0.15, 0.2) is 59.9 Å². The third kappa shape index (κ3) is 5.87. The molecule has 0 radical (unpaired) electrons. The molecule has 2 aromatic carbocycles. The summed E-state index contributed by atoms with van der Waals surface area (Å²) in [5.74, 6) is 2.48. The second kappa shape index (κ2) is 10.5.